The molecule has 0 aliphatic carbocycles. The minimum atomic E-state index is -0.604. The molecule has 0 saturated heterocycles. The highest BCUT2D eigenvalue weighted by molar-refractivity contribution is 5.98. The molecule has 1 aliphatic heterocycles. The molecule has 0 bridgehead atoms. The number of aromatic nitrogens is 2. The fourth-order valence-electron chi connectivity index (χ4n) is 3.13. The topological polar surface area (TPSA) is 134 Å². The van der Waals surface area contributed by atoms with E-state index in [4.69, 9.17) is 9.47 Å². The summed E-state index contributed by atoms with van der Waals surface area (Å²) in [7, 11) is 0. The standard InChI is InChI=1S/C20H18N4O6/c25-17(21-12-5-6-13-14(9-12)23-20(28)22-13)10-30-19(27)7-8-24-15-3-1-2-4-16(15)29-11-18(24)26/h1-6,9H,7-8,10-11H2,(H,21,25)(H2,22,23,28). The molecule has 0 saturated carbocycles. The maximum atomic E-state index is 12.1. The molecule has 0 atom stereocenters. The van der Waals surface area contributed by atoms with Gasteiger partial charge in [-0.15, -0.1) is 0 Å². The van der Waals surface area contributed by atoms with E-state index in [1.807, 2.05) is 0 Å². The summed E-state index contributed by atoms with van der Waals surface area (Å²) in [6.07, 6.45) is -0.0656. The van der Waals surface area contributed by atoms with Gasteiger partial charge in [0.25, 0.3) is 11.8 Å². The van der Waals surface area contributed by atoms with Crippen molar-refractivity contribution in [3.8, 4) is 5.75 Å². The number of benzene rings is 2. The van der Waals surface area contributed by atoms with Gasteiger partial charge >= 0.3 is 11.7 Å². The third kappa shape index (κ3) is 4.17. The molecule has 10 nitrogen and oxygen atoms in total. The van der Waals surface area contributed by atoms with Crippen molar-refractivity contribution >= 4 is 40.2 Å². The van der Waals surface area contributed by atoms with Crippen LogP contribution >= 0.6 is 0 Å². The second kappa shape index (κ2) is 8.11. The maximum absolute atomic E-state index is 12.1. The van der Waals surface area contributed by atoms with Gasteiger partial charge in [-0.1, -0.05) is 12.1 Å². The number of carbonyl (C=O) groups is 3. The zero-order valence-electron chi connectivity index (χ0n) is 15.8. The molecule has 0 spiro atoms. The molecule has 1 aromatic heterocycles. The molecule has 2 heterocycles. The highest BCUT2D eigenvalue weighted by atomic mass is 16.5. The van der Waals surface area contributed by atoms with Crippen LogP contribution in [0.4, 0.5) is 11.4 Å². The lowest BCUT2D eigenvalue weighted by Crippen LogP contribution is -2.40. The molecule has 2 amide bonds. The molecule has 154 valence electrons. The number of H-pyrrole nitrogens is 2. The van der Waals surface area contributed by atoms with Crippen molar-refractivity contribution in [1.29, 1.82) is 0 Å². The molecule has 0 fully saturated rings. The van der Waals surface area contributed by atoms with Crippen molar-refractivity contribution in [2.45, 2.75) is 6.42 Å². The Kier molecular flexibility index (Phi) is 5.21. The first-order valence-corrected chi connectivity index (χ1v) is 9.19. The number of fused-ring (bicyclic) bond motifs is 2. The summed E-state index contributed by atoms with van der Waals surface area (Å²) in [6, 6.07) is 11.9. The largest absolute Gasteiger partial charge is 0.482 e. The molecule has 0 radical (unpaired) electrons. The zero-order chi connectivity index (χ0) is 21.1. The summed E-state index contributed by atoms with van der Waals surface area (Å²) >= 11 is 0. The number of hydrogen-bond donors (Lipinski definition) is 3. The molecule has 3 aromatic rings. The van der Waals surface area contributed by atoms with Crippen LogP contribution in [0.3, 0.4) is 0 Å². The number of para-hydroxylation sites is 2. The summed E-state index contributed by atoms with van der Waals surface area (Å²) in [5, 5.41) is 2.59. The van der Waals surface area contributed by atoms with E-state index in [0.29, 0.717) is 28.2 Å². The van der Waals surface area contributed by atoms with Crippen LogP contribution in [-0.2, 0) is 19.1 Å². The number of anilines is 2. The predicted octanol–water partition coefficient (Wildman–Crippen LogP) is 1.15. The summed E-state index contributed by atoms with van der Waals surface area (Å²) in [5.74, 6) is -0.802. The smallest absolute Gasteiger partial charge is 0.323 e. The number of nitrogens with zero attached hydrogens (tertiary/aromatic N) is 1. The Morgan fingerprint density at radius 2 is 1.90 bits per heavy atom. The molecular formula is C20H18N4O6. The minimum Gasteiger partial charge on any atom is -0.482 e. The van der Waals surface area contributed by atoms with Crippen LogP contribution in [0.5, 0.6) is 5.75 Å². The number of carbonyl (C=O) groups excluding carboxylic acids is 3. The quantitative estimate of drug-likeness (QED) is 0.522. The molecule has 10 heteroatoms. The lowest BCUT2D eigenvalue weighted by Gasteiger charge is -2.28. The van der Waals surface area contributed by atoms with Crippen molar-refractivity contribution in [3.05, 3.63) is 52.9 Å². The molecule has 4 rings (SSSR count). The third-order valence-corrected chi connectivity index (χ3v) is 4.51. The Morgan fingerprint density at radius 1 is 1.10 bits per heavy atom. The lowest BCUT2D eigenvalue weighted by atomic mass is 10.2. The number of nitrogens with one attached hydrogen (secondary N) is 3. The summed E-state index contributed by atoms with van der Waals surface area (Å²) < 4.78 is 10.4. The van der Waals surface area contributed by atoms with Crippen LogP contribution in [0.25, 0.3) is 11.0 Å². The Balaban J connectivity index is 1.27. The molecule has 30 heavy (non-hydrogen) atoms. The van der Waals surface area contributed by atoms with Gasteiger partial charge in [-0.05, 0) is 30.3 Å². The molecule has 2 aromatic carbocycles. The SMILES string of the molecule is O=C(COC(=O)CCN1C(=O)COc2ccccc21)Nc1ccc2[nH]c(=O)[nH]c2c1. The predicted molar refractivity (Wildman–Crippen MR) is 107 cm³/mol. The summed E-state index contributed by atoms with van der Waals surface area (Å²) in [6.45, 7) is -0.434. The van der Waals surface area contributed by atoms with Gasteiger partial charge in [0.1, 0.15) is 5.75 Å². The monoisotopic (exact) mass is 410 g/mol. The average molecular weight is 410 g/mol. The highest BCUT2D eigenvalue weighted by Gasteiger charge is 2.25. The van der Waals surface area contributed by atoms with Crippen LogP contribution in [0, 0.1) is 0 Å². The van der Waals surface area contributed by atoms with E-state index < -0.39 is 18.5 Å². The molecule has 3 N–H and O–H groups in total. The van der Waals surface area contributed by atoms with Crippen molar-refractivity contribution < 1.29 is 23.9 Å². The number of esters is 1. The summed E-state index contributed by atoms with van der Waals surface area (Å²) in [5.41, 5.74) is 1.87. The Hall–Kier alpha value is -4.08. The number of imidazole rings is 1. The Bertz CT molecular complexity index is 1180. The molecular weight excluding hydrogens is 392 g/mol. The maximum Gasteiger partial charge on any atom is 0.323 e. The number of hydrogen-bond acceptors (Lipinski definition) is 6. The first kappa shape index (κ1) is 19.2. The van der Waals surface area contributed by atoms with Gasteiger partial charge in [-0.2, -0.15) is 0 Å². The Morgan fingerprint density at radius 3 is 2.77 bits per heavy atom. The highest BCUT2D eigenvalue weighted by Crippen LogP contribution is 2.31. The van der Waals surface area contributed by atoms with Gasteiger partial charge in [0.15, 0.2) is 13.2 Å². The number of amides is 2. The fourth-order valence-corrected chi connectivity index (χ4v) is 3.13. The van der Waals surface area contributed by atoms with E-state index >= 15 is 0 Å². The van der Waals surface area contributed by atoms with Crippen LogP contribution in [0.1, 0.15) is 6.42 Å². The van der Waals surface area contributed by atoms with Gasteiger partial charge in [0, 0.05) is 12.2 Å². The van der Waals surface area contributed by atoms with Crippen LogP contribution in [0.2, 0.25) is 0 Å². The van der Waals surface area contributed by atoms with E-state index in [1.165, 1.54) is 4.90 Å². The average Bonchev–Trinajstić information content (AvgIpc) is 3.11. The molecule has 0 unspecified atom stereocenters. The zero-order valence-corrected chi connectivity index (χ0v) is 15.8. The van der Waals surface area contributed by atoms with Crippen LogP contribution < -0.4 is 20.6 Å². The number of rotatable bonds is 6. The second-order valence-corrected chi connectivity index (χ2v) is 6.60. The van der Waals surface area contributed by atoms with Crippen molar-refractivity contribution in [1.82, 2.24) is 9.97 Å². The second-order valence-electron chi connectivity index (χ2n) is 6.60. The van der Waals surface area contributed by atoms with Crippen LogP contribution in [-0.4, -0.2) is 47.5 Å². The normalized spacial score (nSPS) is 12.9. The lowest BCUT2D eigenvalue weighted by molar-refractivity contribution is -0.147. The van der Waals surface area contributed by atoms with E-state index in [-0.39, 0.29) is 31.2 Å². The third-order valence-electron chi connectivity index (χ3n) is 4.51. The van der Waals surface area contributed by atoms with Crippen LogP contribution in [0.15, 0.2) is 47.3 Å². The Labute approximate surface area is 169 Å². The first-order chi connectivity index (χ1) is 14.5. The minimum absolute atomic E-state index is 0.0656. The first-order valence-electron chi connectivity index (χ1n) is 9.19. The van der Waals surface area contributed by atoms with E-state index in [0.717, 1.165) is 0 Å². The van der Waals surface area contributed by atoms with E-state index in [9.17, 15) is 19.2 Å². The molecule has 1 aliphatic rings. The van der Waals surface area contributed by atoms with Crippen molar-refractivity contribution in [3.63, 3.8) is 0 Å². The van der Waals surface area contributed by atoms with Gasteiger partial charge < -0.3 is 29.7 Å². The van der Waals surface area contributed by atoms with Crippen molar-refractivity contribution in [2.24, 2.45) is 0 Å². The number of ether oxygens (including phenoxy) is 2. The summed E-state index contributed by atoms with van der Waals surface area (Å²) in [4.78, 5) is 54.1. The van der Waals surface area contributed by atoms with Gasteiger partial charge in [-0.3, -0.25) is 14.4 Å². The number of aromatic amines is 2. The van der Waals surface area contributed by atoms with E-state index in [1.54, 1.807) is 42.5 Å². The fraction of sp³-hybridized carbons (Fsp3) is 0.200. The van der Waals surface area contributed by atoms with Crippen molar-refractivity contribution in [2.75, 3.05) is 30.0 Å². The van der Waals surface area contributed by atoms with Gasteiger partial charge in [0.2, 0.25) is 0 Å². The van der Waals surface area contributed by atoms with Gasteiger partial charge in [0.05, 0.1) is 23.1 Å². The van der Waals surface area contributed by atoms with E-state index in [2.05, 4.69) is 15.3 Å². The van der Waals surface area contributed by atoms with Gasteiger partial charge in [-0.25, -0.2) is 4.79 Å².